The lowest BCUT2D eigenvalue weighted by Gasteiger charge is -2.32. The van der Waals surface area contributed by atoms with Gasteiger partial charge in [-0.3, -0.25) is 4.79 Å². The Hall–Kier alpha value is -0.700. The SMILES string of the molecule is CC(=O)NC1CCCN(S(=O)(=O)c2cc(Br)cnc2Cl)C1. The lowest BCUT2D eigenvalue weighted by atomic mass is 10.1. The monoisotopic (exact) mass is 395 g/mol. The quantitative estimate of drug-likeness (QED) is 0.790. The Labute approximate surface area is 137 Å². The summed E-state index contributed by atoms with van der Waals surface area (Å²) in [6.45, 7) is 2.06. The van der Waals surface area contributed by atoms with Crippen LogP contribution in [0.25, 0.3) is 0 Å². The van der Waals surface area contributed by atoms with Crippen molar-refractivity contribution in [1.29, 1.82) is 0 Å². The molecule has 21 heavy (non-hydrogen) atoms. The van der Waals surface area contributed by atoms with E-state index in [0.29, 0.717) is 17.4 Å². The van der Waals surface area contributed by atoms with E-state index >= 15 is 0 Å². The normalized spacial score (nSPS) is 20.2. The third-order valence-corrected chi connectivity index (χ3v) is 5.91. The van der Waals surface area contributed by atoms with Gasteiger partial charge in [-0.05, 0) is 34.8 Å². The number of nitrogens with zero attached hydrogens (tertiary/aromatic N) is 2. The summed E-state index contributed by atoms with van der Waals surface area (Å²) < 4.78 is 27.2. The predicted octanol–water partition coefficient (Wildman–Crippen LogP) is 1.79. The largest absolute Gasteiger partial charge is 0.352 e. The number of hydrogen-bond acceptors (Lipinski definition) is 4. The fraction of sp³-hybridized carbons (Fsp3) is 0.500. The van der Waals surface area contributed by atoms with Gasteiger partial charge in [-0.25, -0.2) is 13.4 Å². The van der Waals surface area contributed by atoms with E-state index in [-0.39, 0.29) is 28.5 Å². The van der Waals surface area contributed by atoms with Crippen LogP contribution in [0.15, 0.2) is 21.6 Å². The van der Waals surface area contributed by atoms with Crippen LogP contribution < -0.4 is 5.32 Å². The molecular weight excluding hydrogens is 382 g/mol. The molecule has 1 atom stereocenters. The molecule has 0 radical (unpaired) electrons. The second-order valence-electron chi connectivity index (χ2n) is 4.85. The summed E-state index contributed by atoms with van der Waals surface area (Å²) in [5.74, 6) is -0.165. The molecule has 6 nitrogen and oxygen atoms in total. The molecule has 0 aliphatic carbocycles. The molecular formula is C12H15BrClN3O3S. The van der Waals surface area contributed by atoms with Crippen molar-refractivity contribution in [2.24, 2.45) is 0 Å². The number of pyridine rings is 1. The maximum absolute atomic E-state index is 12.7. The summed E-state index contributed by atoms with van der Waals surface area (Å²) in [4.78, 5) is 14.9. The van der Waals surface area contributed by atoms with E-state index in [2.05, 4.69) is 26.2 Å². The van der Waals surface area contributed by atoms with E-state index in [0.717, 1.165) is 6.42 Å². The molecule has 0 aromatic carbocycles. The Kier molecular flexibility index (Phi) is 5.24. The van der Waals surface area contributed by atoms with Crippen molar-refractivity contribution in [2.75, 3.05) is 13.1 Å². The van der Waals surface area contributed by atoms with E-state index in [1.54, 1.807) is 0 Å². The van der Waals surface area contributed by atoms with Crippen LogP contribution in [0.1, 0.15) is 19.8 Å². The molecule has 0 spiro atoms. The molecule has 9 heteroatoms. The second kappa shape index (κ2) is 6.60. The molecule has 116 valence electrons. The molecule has 1 fully saturated rings. The van der Waals surface area contributed by atoms with Crippen molar-refractivity contribution < 1.29 is 13.2 Å². The Balaban J connectivity index is 2.26. The number of carbonyl (C=O) groups is 1. The van der Waals surface area contributed by atoms with Gasteiger partial charge in [0.05, 0.1) is 0 Å². The van der Waals surface area contributed by atoms with Gasteiger partial charge < -0.3 is 5.32 Å². The molecule has 2 rings (SSSR count). The fourth-order valence-electron chi connectivity index (χ4n) is 2.29. The van der Waals surface area contributed by atoms with Crippen LogP contribution in [0.4, 0.5) is 0 Å². The minimum absolute atomic E-state index is 0.0259. The van der Waals surface area contributed by atoms with Crippen molar-refractivity contribution in [2.45, 2.75) is 30.7 Å². The van der Waals surface area contributed by atoms with E-state index < -0.39 is 10.0 Å². The zero-order valence-corrected chi connectivity index (χ0v) is 14.5. The van der Waals surface area contributed by atoms with E-state index in [1.165, 1.54) is 23.5 Å². The molecule has 0 bridgehead atoms. The average molecular weight is 397 g/mol. The van der Waals surface area contributed by atoms with Gasteiger partial charge in [-0.1, -0.05) is 11.6 Å². The second-order valence-corrected chi connectivity index (χ2v) is 8.03. The Morgan fingerprint density at radius 1 is 1.57 bits per heavy atom. The number of sulfonamides is 1. The van der Waals surface area contributed by atoms with Crippen LogP contribution >= 0.6 is 27.5 Å². The first kappa shape index (κ1) is 16.7. The van der Waals surface area contributed by atoms with Crippen LogP contribution in [0, 0.1) is 0 Å². The first-order chi connectivity index (χ1) is 9.80. The van der Waals surface area contributed by atoms with Crippen LogP contribution in [0.5, 0.6) is 0 Å². The summed E-state index contributed by atoms with van der Waals surface area (Å²) in [6.07, 6.45) is 2.89. The van der Waals surface area contributed by atoms with Gasteiger partial charge in [0.1, 0.15) is 10.0 Å². The molecule has 0 saturated carbocycles. The van der Waals surface area contributed by atoms with Crippen LogP contribution in [0.2, 0.25) is 5.15 Å². The summed E-state index contributed by atoms with van der Waals surface area (Å²) in [6, 6.07) is 1.26. The first-order valence-corrected chi connectivity index (χ1v) is 9.00. The minimum atomic E-state index is -3.73. The number of amides is 1. The molecule has 1 N–H and O–H groups in total. The molecule has 1 amide bonds. The highest BCUT2D eigenvalue weighted by atomic mass is 79.9. The number of hydrogen-bond donors (Lipinski definition) is 1. The zero-order chi connectivity index (χ0) is 15.6. The Bertz CT molecular complexity index is 653. The van der Waals surface area contributed by atoms with E-state index in [9.17, 15) is 13.2 Å². The lowest BCUT2D eigenvalue weighted by molar-refractivity contribution is -0.119. The fourth-order valence-corrected chi connectivity index (χ4v) is 4.73. The standard InChI is InChI=1S/C12H15BrClN3O3S/c1-8(18)16-10-3-2-4-17(7-10)21(19,20)11-5-9(13)6-15-12(11)14/h5-6,10H,2-4,7H2,1H3,(H,16,18). The van der Waals surface area contributed by atoms with Gasteiger partial charge in [-0.2, -0.15) is 4.31 Å². The molecule has 1 aliphatic heterocycles. The van der Waals surface area contributed by atoms with Crippen LogP contribution in [-0.2, 0) is 14.8 Å². The Morgan fingerprint density at radius 3 is 2.95 bits per heavy atom. The number of halogens is 2. The van der Waals surface area contributed by atoms with Crippen molar-refractivity contribution in [3.8, 4) is 0 Å². The smallest absolute Gasteiger partial charge is 0.246 e. The maximum atomic E-state index is 12.7. The highest BCUT2D eigenvalue weighted by Crippen LogP contribution is 2.27. The number of piperidine rings is 1. The number of rotatable bonds is 3. The van der Waals surface area contributed by atoms with Crippen molar-refractivity contribution in [3.63, 3.8) is 0 Å². The average Bonchev–Trinajstić information content (AvgIpc) is 2.41. The van der Waals surface area contributed by atoms with Crippen molar-refractivity contribution in [1.82, 2.24) is 14.6 Å². The number of aromatic nitrogens is 1. The van der Waals surface area contributed by atoms with Gasteiger partial charge in [0.2, 0.25) is 15.9 Å². The number of nitrogens with one attached hydrogen (secondary N) is 1. The molecule has 1 unspecified atom stereocenters. The maximum Gasteiger partial charge on any atom is 0.246 e. The highest BCUT2D eigenvalue weighted by Gasteiger charge is 2.32. The molecule has 1 aliphatic rings. The van der Waals surface area contributed by atoms with E-state index in [1.807, 2.05) is 0 Å². The van der Waals surface area contributed by atoms with Crippen molar-refractivity contribution in [3.05, 3.63) is 21.9 Å². The predicted molar refractivity (Wildman–Crippen MR) is 82.5 cm³/mol. The topological polar surface area (TPSA) is 79.4 Å². The third kappa shape index (κ3) is 3.94. The molecule has 2 heterocycles. The van der Waals surface area contributed by atoms with Crippen LogP contribution in [-0.4, -0.2) is 42.7 Å². The van der Waals surface area contributed by atoms with Crippen LogP contribution in [0.3, 0.4) is 0 Å². The van der Waals surface area contributed by atoms with Crippen molar-refractivity contribution >= 4 is 43.5 Å². The lowest BCUT2D eigenvalue weighted by Crippen LogP contribution is -2.49. The molecule has 1 aromatic rings. The molecule has 1 saturated heterocycles. The minimum Gasteiger partial charge on any atom is -0.352 e. The summed E-state index contributed by atoms with van der Waals surface area (Å²) in [7, 11) is -3.73. The van der Waals surface area contributed by atoms with Gasteiger partial charge >= 0.3 is 0 Å². The summed E-state index contributed by atoms with van der Waals surface area (Å²) >= 11 is 9.11. The Morgan fingerprint density at radius 2 is 2.29 bits per heavy atom. The highest BCUT2D eigenvalue weighted by molar-refractivity contribution is 9.10. The zero-order valence-electron chi connectivity index (χ0n) is 11.3. The molecule has 1 aromatic heterocycles. The first-order valence-electron chi connectivity index (χ1n) is 6.39. The van der Waals surface area contributed by atoms with Gasteiger partial charge in [-0.15, -0.1) is 0 Å². The summed E-state index contributed by atoms with van der Waals surface area (Å²) in [5, 5.41) is 2.70. The number of carbonyl (C=O) groups excluding carboxylic acids is 1. The summed E-state index contributed by atoms with van der Waals surface area (Å²) in [5.41, 5.74) is 0. The van der Waals surface area contributed by atoms with E-state index in [4.69, 9.17) is 11.6 Å². The van der Waals surface area contributed by atoms with Gasteiger partial charge in [0, 0.05) is 36.7 Å². The van der Waals surface area contributed by atoms with Gasteiger partial charge in [0.25, 0.3) is 0 Å². The van der Waals surface area contributed by atoms with Gasteiger partial charge in [0.15, 0.2) is 0 Å². The third-order valence-electron chi connectivity index (χ3n) is 3.18.